The molecule has 0 bridgehead atoms. The third-order valence-electron chi connectivity index (χ3n) is 3.00. The summed E-state index contributed by atoms with van der Waals surface area (Å²) in [6, 6.07) is 4.00. The van der Waals surface area contributed by atoms with Gasteiger partial charge in [-0.15, -0.1) is 10.2 Å². The molecule has 0 unspecified atom stereocenters. The predicted molar refractivity (Wildman–Crippen MR) is 83.9 cm³/mol. The number of pyridine rings is 1. The van der Waals surface area contributed by atoms with E-state index in [0.717, 1.165) is 47.2 Å². The lowest BCUT2D eigenvalue weighted by Crippen LogP contribution is -2.21. The van der Waals surface area contributed by atoms with E-state index in [-0.39, 0.29) is 0 Å². The molecule has 0 saturated heterocycles. The van der Waals surface area contributed by atoms with Gasteiger partial charge in [-0.3, -0.25) is 4.98 Å². The van der Waals surface area contributed by atoms with E-state index in [0.29, 0.717) is 5.92 Å². The summed E-state index contributed by atoms with van der Waals surface area (Å²) < 4.78 is 0. The first-order valence-corrected chi connectivity index (χ1v) is 7.93. The second kappa shape index (κ2) is 7.45. The molecule has 2 aromatic rings. The molecule has 108 valence electrons. The Morgan fingerprint density at radius 3 is 2.90 bits per heavy atom. The maximum Gasteiger partial charge on any atom is 0.149 e. The van der Waals surface area contributed by atoms with E-state index in [2.05, 4.69) is 40.4 Å². The van der Waals surface area contributed by atoms with Crippen molar-refractivity contribution in [2.45, 2.75) is 33.6 Å². The Morgan fingerprint density at radius 2 is 2.15 bits per heavy atom. The van der Waals surface area contributed by atoms with Crippen molar-refractivity contribution in [1.82, 2.24) is 20.5 Å². The lowest BCUT2D eigenvalue weighted by Gasteiger charge is -2.05. The Hall–Kier alpha value is -1.33. The molecule has 0 fully saturated rings. The quantitative estimate of drug-likeness (QED) is 0.796. The number of rotatable bonds is 7. The first kappa shape index (κ1) is 15.1. The molecule has 0 radical (unpaired) electrons. The first-order valence-electron chi connectivity index (χ1n) is 7.12. The summed E-state index contributed by atoms with van der Waals surface area (Å²) in [5, 5.41) is 14.1. The van der Waals surface area contributed by atoms with Crippen LogP contribution >= 0.6 is 11.3 Å². The van der Waals surface area contributed by atoms with Crippen LogP contribution in [0.3, 0.4) is 0 Å². The second-order valence-corrected chi connectivity index (χ2v) is 6.40. The Morgan fingerprint density at radius 1 is 1.30 bits per heavy atom. The molecule has 0 aromatic carbocycles. The molecule has 0 saturated carbocycles. The maximum atomic E-state index is 4.30. The zero-order valence-corrected chi connectivity index (χ0v) is 13.2. The van der Waals surface area contributed by atoms with E-state index < -0.39 is 0 Å². The van der Waals surface area contributed by atoms with Crippen LogP contribution in [-0.2, 0) is 6.42 Å². The van der Waals surface area contributed by atoms with E-state index >= 15 is 0 Å². The van der Waals surface area contributed by atoms with Gasteiger partial charge < -0.3 is 5.32 Å². The van der Waals surface area contributed by atoms with Crippen molar-refractivity contribution in [1.29, 1.82) is 0 Å². The molecule has 2 heterocycles. The Labute approximate surface area is 124 Å². The highest BCUT2D eigenvalue weighted by molar-refractivity contribution is 7.14. The van der Waals surface area contributed by atoms with Gasteiger partial charge in [0.05, 0.1) is 0 Å². The average molecular weight is 290 g/mol. The third-order valence-corrected chi connectivity index (χ3v) is 4.02. The van der Waals surface area contributed by atoms with Crippen LogP contribution in [0, 0.1) is 12.8 Å². The van der Waals surface area contributed by atoms with Gasteiger partial charge in [0, 0.05) is 23.9 Å². The van der Waals surface area contributed by atoms with Crippen LogP contribution in [0.2, 0.25) is 0 Å². The van der Waals surface area contributed by atoms with Crippen LogP contribution in [0.15, 0.2) is 18.3 Å². The van der Waals surface area contributed by atoms with E-state index in [1.807, 2.05) is 13.0 Å². The molecule has 0 aliphatic rings. The van der Waals surface area contributed by atoms with Crippen LogP contribution in [0.1, 0.15) is 31.0 Å². The van der Waals surface area contributed by atoms with Gasteiger partial charge in [-0.05, 0) is 44.5 Å². The minimum absolute atomic E-state index is 0.705. The van der Waals surface area contributed by atoms with E-state index in [1.165, 1.54) is 0 Å². The molecule has 20 heavy (non-hydrogen) atoms. The molecule has 4 nitrogen and oxygen atoms in total. The van der Waals surface area contributed by atoms with Crippen LogP contribution in [0.5, 0.6) is 0 Å². The predicted octanol–water partition coefficient (Wildman–Crippen LogP) is 3.09. The van der Waals surface area contributed by atoms with Gasteiger partial charge in [0.25, 0.3) is 0 Å². The van der Waals surface area contributed by atoms with Gasteiger partial charge >= 0.3 is 0 Å². The number of aromatic nitrogens is 3. The van der Waals surface area contributed by atoms with Crippen LogP contribution < -0.4 is 5.32 Å². The van der Waals surface area contributed by atoms with Gasteiger partial charge in [0.15, 0.2) is 0 Å². The summed E-state index contributed by atoms with van der Waals surface area (Å²) in [6.07, 6.45) is 3.90. The van der Waals surface area contributed by atoms with Gasteiger partial charge in [-0.25, -0.2) is 0 Å². The largest absolute Gasteiger partial charge is 0.316 e. The number of nitrogens with zero attached hydrogens (tertiary/aromatic N) is 3. The van der Waals surface area contributed by atoms with Crippen molar-refractivity contribution in [2.24, 2.45) is 5.92 Å². The smallest absolute Gasteiger partial charge is 0.149 e. The molecule has 5 heteroatoms. The molecule has 0 spiro atoms. The third kappa shape index (κ3) is 4.35. The summed E-state index contributed by atoms with van der Waals surface area (Å²) in [4.78, 5) is 4.30. The van der Waals surface area contributed by atoms with Crippen LogP contribution in [0.4, 0.5) is 0 Å². The van der Waals surface area contributed by atoms with Crippen molar-refractivity contribution in [3.8, 4) is 10.6 Å². The number of hydrogen-bond acceptors (Lipinski definition) is 5. The van der Waals surface area contributed by atoms with Gasteiger partial charge in [-0.2, -0.15) is 0 Å². The molecular formula is C15H22N4S. The van der Waals surface area contributed by atoms with Gasteiger partial charge in [0.2, 0.25) is 0 Å². The summed E-state index contributed by atoms with van der Waals surface area (Å²) in [6.45, 7) is 8.57. The number of nitrogens with one attached hydrogen (secondary N) is 1. The molecule has 0 atom stereocenters. The molecule has 0 aliphatic heterocycles. The lowest BCUT2D eigenvalue weighted by molar-refractivity contribution is 0.542. The molecular weight excluding hydrogens is 268 g/mol. The highest BCUT2D eigenvalue weighted by Crippen LogP contribution is 2.25. The van der Waals surface area contributed by atoms with E-state index in [1.54, 1.807) is 17.5 Å². The molecule has 2 aromatic heterocycles. The van der Waals surface area contributed by atoms with Gasteiger partial charge in [-0.1, -0.05) is 25.2 Å². The second-order valence-electron chi connectivity index (χ2n) is 5.34. The van der Waals surface area contributed by atoms with Crippen molar-refractivity contribution in [2.75, 3.05) is 13.1 Å². The van der Waals surface area contributed by atoms with E-state index in [4.69, 9.17) is 0 Å². The summed E-state index contributed by atoms with van der Waals surface area (Å²) in [7, 11) is 0. The Kier molecular flexibility index (Phi) is 5.61. The average Bonchev–Trinajstić information content (AvgIpc) is 2.87. The fourth-order valence-electron chi connectivity index (χ4n) is 1.93. The van der Waals surface area contributed by atoms with Crippen molar-refractivity contribution in [3.63, 3.8) is 0 Å². The van der Waals surface area contributed by atoms with Crippen LogP contribution in [-0.4, -0.2) is 28.3 Å². The highest BCUT2D eigenvalue weighted by atomic mass is 32.1. The van der Waals surface area contributed by atoms with Crippen molar-refractivity contribution < 1.29 is 0 Å². The van der Waals surface area contributed by atoms with Crippen molar-refractivity contribution in [3.05, 3.63) is 29.0 Å². The summed E-state index contributed by atoms with van der Waals surface area (Å²) in [5.41, 5.74) is 2.10. The molecule has 2 rings (SSSR count). The minimum atomic E-state index is 0.705. The Bertz CT molecular complexity index is 536. The van der Waals surface area contributed by atoms with Crippen molar-refractivity contribution >= 4 is 11.3 Å². The zero-order valence-electron chi connectivity index (χ0n) is 12.4. The molecule has 0 aliphatic carbocycles. The normalized spacial score (nSPS) is 11.2. The zero-order chi connectivity index (χ0) is 14.4. The standard InChI is InChI=1S/C15H22N4S/c1-11(2)10-16-8-5-7-14-18-19-15(20-14)13-6-4-9-17-12(13)3/h4,6,9,11,16H,5,7-8,10H2,1-3H3. The molecule has 0 amide bonds. The molecule has 1 N–H and O–H groups in total. The Balaban J connectivity index is 1.85. The fraction of sp³-hybridized carbons (Fsp3) is 0.533. The monoisotopic (exact) mass is 290 g/mol. The number of aryl methyl sites for hydroxylation is 2. The minimum Gasteiger partial charge on any atom is -0.316 e. The lowest BCUT2D eigenvalue weighted by atomic mass is 10.2. The topological polar surface area (TPSA) is 50.7 Å². The maximum absolute atomic E-state index is 4.30. The highest BCUT2D eigenvalue weighted by Gasteiger charge is 2.09. The summed E-state index contributed by atoms with van der Waals surface area (Å²) >= 11 is 1.67. The summed E-state index contributed by atoms with van der Waals surface area (Å²) in [5.74, 6) is 0.705. The van der Waals surface area contributed by atoms with Crippen LogP contribution in [0.25, 0.3) is 10.6 Å². The fourth-order valence-corrected chi connectivity index (χ4v) is 2.89. The number of hydrogen-bond donors (Lipinski definition) is 1. The SMILES string of the molecule is Cc1ncccc1-c1nnc(CCCNCC(C)C)s1. The van der Waals surface area contributed by atoms with E-state index in [9.17, 15) is 0 Å². The van der Waals surface area contributed by atoms with Gasteiger partial charge in [0.1, 0.15) is 10.0 Å². The first-order chi connectivity index (χ1) is 9.66.